The lowest BCUT2D eigenvalue weighted by molar-refractivity contribution is 0.607. The number of anilines is 3. The van der Waals surface area contributed by atoms with Crippen molar-refractivity contribution in [3.63, 3.8) is 0 Å². The normalized spacial score (nSPS) is 11.8. The second kappa shape index (κ2) is 7.36. The largest absolute Gasteiger partial charge is 0.340 e. The molecule has 5 aromatic rings. The SMILES string of the molecule is Cc1ccc(Nc2ccn3ncc(-c4cc5ccccc5s4)c3n2)cc1NS(C)(=O)=O. The van der Waals surface area contributed by atoms with E-state index in [2.05, 4.69) is 33.3 Å². The fourth-order valence-electron chi connectivity index (χ4n) is 3.38. The van der Waals surface area contributed by atoms with Crippen LogP contribution in [0.3, 0.4) is 0 Å². The van der Waals surface area contributed by atoms with Crippen LogP contribution >= 0.6 is 11.3 Å². The molecule has 0 unspecified atom stereocenters. The number of hydrogen-bond acceptors (Lipinski definition) is 6. The zero-order chi connectivity index (χ0) is 21.6. The van der Waals surface area contributed by atoms with Gasteiger partial charge < -0.3 is 5.32 Å². The standard InChI is InChI=1S/C22H19N5O2S2/c1-14-7-8-16(12-18(14)26-31(2,28)29)24-21-9-10-27-22(25-21)17(13-23-27)20-11-15-5-3-4-6-19(15)30-20/h3-13,26H,1-2H3,(H,24,25). The Morgan fingerprint density at radius 1 is 1.06 bits per heavy atom. The number of benzene rings is 2. The van der Waals surface area contributed by atoms with Gasteiger partial charge in [-0.05, 0) is 48.2 Å². The molecule has 0 saturated carbocycles. The lowest BCUT2D eigenvalue weighted by Gasteiger charge is -2.11. The van der Waals surface area contributed by atoms with Crippen LogP contribution in [0.15, 0.2) is 67.0 Å². The first kappa shape index (κ1) is 19.5. The highest BCUT2D eigenvalue weighted by Gasteiger charge is 2.13. The fourth-order valence-corrected chi connectivity index (χ4v) is 5.07. The Bertz CT molecular complexity index is 1500. The van der Waals surface area contributed by atoms with Crippen LogP contribution in [-0.2, 0) is 10.0 Å². The third-order valence-corrected chi connectivity index (χ3v) is 6.61. The van der Waals surface area contributed by atoms with Gasteiger partial charge in [-0.2, -0.15) is 5.10 Å². The molecule has 2 N–H and O–H groups in total. The average molecular weight is 450 g/mol. The van der Waals surface area contributed by atoms with Gasteiger partial charge >= 0.3 is 0 Å². The highest BCUT2D eigenvalue weighted by atomic mass is 32.2. The van der Waals surface area contributed by atoms with E-state index in [1.807, 2.05) is 49.6 Å². The summed E-state index contributed by atoms with van der Waals surface area (Å²) in [6.45, 7) is 1.85. The van der Waals surface area contributed by atoms with Crippen molar-refractivity contribution < 1.29 is 8.42 Å². The average Bonchev–Trinajstić information content (AvgIpc) is 3.32. The monoisotopic (exact) mass is 449 g/mol. The van der Waals surface area contributed by atoms with E-state index in [0.717, 1.165) is 33.6 Å². The van der Waals surface area contributed by atoms with Gasteiger partial charge in [0.1, 0.15) is 5.82 Å². The molecule has 5 rings (SSSR count). The van der Waals surface area contributed by atoms with Gasteiger partial charge in [-0.1, -0.05) is 24.3 Å². The lowest BCUT2D eigenvalue weighted by atomic mass is 10.2. The van der Waals surface area contributed by atoms with Crippen molar-refractivity contribution in [2.45, 2.75) is 6.92 Å². The summed E-state index contributed by atoms with van der Waals surface area (Å²) >= 11 is 1.71. The minimum absolute atomic E-state index is 0.531. The Morgan fingerprint density at radius 3 is 2.71 bits per heavy atom. The molecule has 0 radical (unpaired) electrons. The van der Waals surface area contributed by atoms with Crippen LogP contribution in [0.25, 0.3) is 26.2 Å². The summed E-state index contributed by atoms with van der Waals surface area (Å²) in [6, 6.07) is 17.8. The van der Waals surface area contributed by atoms with E-state index in [1.54, 1.807) is 21.9 Å². The van der Waals surface area contributed by atoms with Crippen LogP contribution in [0.2, 0.25) is 0 Å². The topological polar surface area (TPSA) is 88.4 Å². The molecule has 156 valence electrons. The molecule has 3 heterocycles. The Kier molecular flexibility index (Phi) is 4.64. The first-order valence-corrected chi connectivity index (χ1v) is 12.3. The first-order chi connectivity index (χ1) is 14.9. The number of thiophene rings is 1. The maximum atomic E-state index is 11.6. The summed E-state index contributed by atoms with van der Waals surface area (Å²) in [5.74, 6) is 0.643. The van der Waals surface area contributed by atoms with Crippen LogP contribution in [0.1, 0.15) is 5.56 Å². The van der Waals surface area contributed by atoms with Gasteiger partial charge in [0.2, 0.25) is 10.0 Å². The number of nitrogens with one attached hydrogen (secondary N) is 2. The van der Waals surface area contributed by atoms with Crippen molar-refractivity contribution in [2.24, 2.45) is 0 Å². The highest BCUT2D eigenvalue weighted by Crippen LogP contribution is 2.35. The number of nitrogens with zero attached hydrogens (tertiary/aromatic N) is 3. The summed E-state index contributed by atoms with van der Waals surface area (Å²) in [5.41, 5.74) is 3.81. The molecule has 7 nitrogen and oxygen atoms in total. The summed E-state index contributed by atoms with van der Waals surface area (Å²) < 4.78 is 28.8. The van der Waals surface area contributed by atoms with Gasteiger partial charge in [-0.25, -0.2) is 17.9 Å². The molecule has 0 aliphatic rings. The van der Waals surface area contributed by atoms with Crippen molar-refractivity contribution in [2.75, 3.05) is 16.3 Å². The molecule has 3 aromatic heterocycles. The summed E-state index contributed by atoms with van der Waals surface area (Å²) in [5, 5.41) is 8.89. The second-order valence-corrected chi connectivity index (χ2v) is 10.1. The van der Waals surface area contributed by atoms with Crippen molar-refractivity contribution in [1.82, 2.24) is 14.6 Å². The van der Waals surface area contributed by atoms with Crippen LogP contribution in [0.5, 0.6) is 0 Å². The van der Waals surface area contributed by atoms with E-state index in [1.165, 1.54) is 10.1 Å². The zero-order valence-corrected chi connectivity index (χ0v) is 18.5. The molecule has 0 aliphatic carbocycles. The summed E-state index contributed by atoms with van der Waals surface area (Å²) in [7, 11) is -3.36. The van der Waals surface area contributed by atoms with Gasteiger partial charge in [-0.15, -0.1) is 11.3 Å². The van der Waals surface area contributed by atoms with Gasteiger partial charge in [0.15, 0.2) is 5.65 Å². The Hall–Kier alpha value is -3.43. The van der Waals surface area contributed by atoms with Crippen molar-refractivity contribution in [3.8, 4) is 10.4 Å². The van der Waals surface area contributed by atoms with Crippen molar-refractivity contribution in [3.05, 3.63) is 72.6 Å². The Labute approximate surface area is 183 Å². The third-order valence-electron chi connectivity index (χ3n) is 4.87. The number of fused-ring (bicyclic) bond motifs is 2. The molecule has 0 saturated heterocycles. The van der Waals surface area contributed by atoms with Gasteiger partial charge in [0.05, 0.1) is 23.7 Å². The molecular formula is C22H19N5O2S2. The van der Waals surface area contributed by atoms with Crippen LogP contribution in [-0.4, -0.2) is 29.3 Å². The molecule has 0 aliphatic heterocycles. The molecule has 0 fully saturated rings. The molecule has 9 heteroatoms. The van der Waals surface area contributed by atoms with Gasteiger partial charge in [-0.3, -0.25) is 4.72 Å². The van der Waals surface area contributed by atoms with Gasteiger partial charge in [0, 0.05) is 21.5 Å². The van der Waals surface area contributed by atoms with E-state index in [4.69, 9.17) is 4.98 Å². The Morgan fingerprint density at radius 2 is 1.90 bits per heavy atom. The van der Waals surface area contributed by atoms with E-state index in [0.29, 0.717) is 11.5 Å². The minimum atomic E-state index is -3.36. The molecule has 31 heavy (non-hydrogen) atoms. The lowest BCUT2D eigenvalue weighted by Crippen LogP contribution is -2.10. The van der Waals surface area contributed by atoms with Crippen LogP contribution in [0, 0.1) is 6.92 Å². The van der Waals surface area contributed by atoms with Crippen molar-refractivity contribution >= 4 is 54.3 Å². The minimum Gasteiger partial charge on any atom is -0.340 e. The highest BCUT2D eigenvalue weighted by molar-refractivity contribution is 7.92. The predicted octanol–water partition coefficient (Wildman–Crippen LogP) is 5.03. The maximum absolute atomic E-state index is 11.6. The molecule has 0 amide bonds. The smallest absolute Gasteiger partial charge is 0.229 e. The Balaban J connectivity index is 1.51. The maximum Gasteiger partial charge on any atom is 0.229 e. The second-order valence-electron chi connectivity index (χ2n) is 7.32. The quantitative estimate of drug-likeness (QED) is 0.393. The summed E-state index contributed by atoms with van der Waals surface area (Å²) in [6.07, 6.45) is 4.82. The first-order valence-electron chi connectivity index (χ1n) is 9.54. The van der Waals surface area contributed by atoms with Gasteiger partial charge in [0.25, 0.3) is 0 Å². The molecule has 0 bridgehead atoms. The van der Waals surface area contributed by atoms with Crippen LogP contribution in [0.4, 0.5) is 17.2 Å². The molecular weight excluding hydrogens is 430 g/mol. The third kappa shape index (κ3) is 3.97. The van der Waals surface area contributed by atoms with Crippen molar-refractivity contribution in [1.29, 1.82) is 0 Å². The fraction of sp³-hybridized carbons (Fsp3) is 0.0909. The number of hydrogen-bond donors (Lipinski definition) is 2. The molecule has 2 aromatic carbocycles. The predicted molar refractivity (Wildman–Crippen MR) is 127 cm³/mol. The molecule has 0 atom stereocenters. The van der Waals surface area contributed by atoms with E-state index < -0.39 is 10.0 Å². The number of rotatable bonds is 5. The van der Waals surface area contributed by atoms with E-state index in [-0.39, 0.29) is 0 Å². The number of sulfonamides is 1. The zero-order valence-electron chi connectivity index (χ0n) is 16.8. The van der Waals surface area contributed by atoms with E-state index >= 15 is 0 Å². The van der Waals surface area contributed by atoms with E-state index in [9.17, 15) is 8.42 Å². The molecule has 0 spiro atoms. The van der Waals surface area contributed by atoms with Crippen LogP contribution < -0.4 is 10.0 Å². The summed E-state index contributed by atoms with van der Waals surface area (Å²) in [4.78, 5) is 5.87. The number of aryl methyl sites for hydroxylation is 1. The number of aromatic nitrogens is 3.